The summed E-state index contributed by atoms with van der Waals surface area (Å²) in [6.07, 6.45) is -11.2. The molecule has 19 heavy (non-hydrogen) atoms. The third kappa shape index (κ3) is 3.16. The van der Waals surface area contributed by atoms with Gasteiger partial charge in [0.05, 0.1) is 19.1 Å². The van der Waals surface area contributed by atoms with E-state index in [0.29, 0.717) is 12.1 Å². The number of rotatable bonds is 1. The summed E-state index contributed by atoms with van der Waals surface area (Å²) in [5.74, 6) is 0. The summed E-state index contributed by atoms with van der Waals surface area (Å²) in [6.45, 7) is 6.54. The van der Waals surface area contributed by atoms with E-state index in [4.69, 9.17) is 11.8 Å². The van der Waals surface area contributed by atoms with Gasteiger partial charge in [-0.15, -0.1) is 0 Å². The lowest BCUT2D eigenvalue weighted by Crippen LogP contribution is -2.16. The van der Waals surface area contributed by atoms with Crippen molar-refractivity contribution in [2.75, 3.05) is 0 Å². The molecule has 0 unspecified atom stereocenters. The van der Waals surface area contributed by atoms with Crippen molar-refractivity contribution in [1.29, 1.82) is 5.26 Å². The highest BCUT2D eigenvalue weighted by Gasteiger charge is 2.40. The monoisotopic (exact) mass is 278 g/mol. The van der Waals surface area contributed by atoms with Gasteiger partial charge in [0.15, 0.2) is 5.69 Å². The third-order valence-corrected chi connectivity index (χ3v) is 2.23. The number of alkyl halides is 6. The minimum absolute atomic E-state index is 0.314. The zero-order valence-corrected chi connectivity index (χ0v) is 9.02. The minimum Gasteiger partial charge on any atom is -0.238 e. The summed E-state index contributed by atoms with van der Waals surface area (Å²) >= 11 is 0. The number of hydrogen-bond donors (Lipinski definition) is 0. The molecule has 0 heterocycles. The molecular formula is C11H4F6N2. The molecule has 1 aromatic carbocycles. The standard InChI is InChI=1S/C11H4F6N2/c1-19-6-4-8(10(12,13)14)7(2-3-18)9(5-6)11(15,16)17/h4-5H,2H2. The van der Waals surface area contributed by atoms with Crippen LogP contribution in [-0.4, -0.2) is 0 Å². The maximum absolute atomic E-state index is 12.7. The molecule has 8 heteroatoms. The second-order valence-corrected chi connectivity index (χ2v) is 3.46. The van der Waals surface area contributed by atoms with Crippen LogP contribution in [0.15, 0.2) is 12.1 Å². The lowest BCUT2D eigenvalue weighted by molar-refractivity contribution is -0.144. The highest BCUT2D eigenvalue weighted by Crippen LogP contribution is 2.42. The van der Waals surface area contributed by atoms with Gasteiger partial charge in [-0.3, -0.25) is 0 Å². The zero-order valence-electron chi connectivity index (χ0n) is 9.02. The molecule has 1 aromatic rings. The van der Waals surface area contributed by atoms with Crippen LogP contribution in [0.5, 0.6) is 0 Å². The molecule has 0 aliphatic heterocycles. The first-order chi connectivity index (χ1) is 8.61. The Labute approximate surface area is 103 Å². The Morgan fingerprint density at radius 1 is 1.05 bits per heavy atom. The van der Waals surface area contributed by atoms with E-state index in [9.17, 15) is 26.3 Å². The van der Waals surface area contributed by atoms with Gasteiger partial charge < -0.3 is 0 Å². The fraction of sp³-hybridized carbons (Fsp3) is 0.273. The van der Waals surface area contributed by atoms with Crippen LogP contribution >= 0.6 is 0 Å². The smallest absolute Gasteiger partial charge is 0.238 e. The summed E-state index contributed by atoms with van der Waals surface area (Å²) in [5.41, 5.74) is -5.14. The zero-order chi connectivity index (χ0) is 14.8. The molecule has 0 N–H and O–H groups in total. The molecule has 1 rings (SSSR count). The Kier molecular flexibility index (Phi) is 3.75. The van der Waals surface area contributed by atoms with Gasteiger partial charge >= 0.3 is 12.4 Å². The second-order valence-electron chi connectivity index (χ2n) is 3.46. The maximum Gasteiger partial charge on any atom is 0.415 e. The van der Waals surface area contributed by atoms with E-state index in [1.54, 1.807) is 0 Å². The van der Waals surface area contributed by atoms with Crippen LogP contribution in [0, 0.1) is 17.9 Å². The molecule has 100 valence electrons. The van der Waals surface area contributed by atoms with Crippen molar-refractivity contribution in [3.8, 4) is 6.07 Å². The number of benzene rings is 1. The number of hydrogen-bond acceptors (Lipinski definition) is 1. The Hall–Kier alpha value is -2.22. The fourth-order valence-electron chi connectivity index (χ4n) is 1.50. The number of nitrogens with zero attached hydrogens (tertiary/aromatic N) is 2. The van der Waals surface area contributed by atoms with Crippen LogP contribution in [-0.2, 0) is 18.8 Å². The molecule has 0 atom stereocenters. The average molecular weight is 278 g/mol. The summed E-state index contributed by atoms with van der Waals surface area (Å²) in [4.78, 5) is 2.59. The molecule has 0 aliphatic rings. The topological polar surface area (TPSA) is 28.1 Å². The van der Waals surface area contributed by atoms with Crippen molar-refractivity contribution in [2.24, 2.45) is 0 Å². The van der Waals surface area contributed by atoms with Crippen LogP contribution in [0.3, 0.4) is 0 Å². The summed E-state index contributed by atoms with van der Waals surface area (Å²) in [6, 6.07) is 1.90. The molecule has 2 nitrogen and oxygen atoms in total. The molecule has 0 aliphatic carbocycles. The lowest BCUT2D eigenvalue weighted by Gasteiger charge is -2.17. The minimum atomic E-state index is -5.06. The quantitative estimate of drug-likeness (QED) is 0.554. The lowest BCUT2D eigenvalue weighted by atomic mass is 9.96. The highest BCUT2D eigenvalue weighted by atomic mass is 19.4. The molecule has 0 fully saturated rings. The normalized spacial score (nSPS) is 11.8. The van der Waals surface area contributed by atoms with Crippen molar-refractivity contribution >= 4 is 5.69 Å². The first-order valence-electron chi connectivity index (χ1n) is 4.67. The molecule has 0 saturated carbocycles. The van der Waals surface area contributed by atoms with Gasteiger partial charge in [0.2, 0.25) is 0 Å². The Morgan fingerprint density at radius 3 is 1.74 bits per heavy atom. The van der Waals surface area contributed by atoms with Gasteiger partial charge in [0, 0.05) is 11.1 Å². The predicted octanol–water partition coefficient (Wildman–Crippen LogP) is 4.34. The van der Waals surface area contributed by atoms with Gasteiger partial charge in [-0.2, -0.15) is 31.6 Å². The van der Waals surface area contributed by atoms with Crippen molar-refractivity contribution in [1.82, 2.24) is 0 Å². The molecule has 0 aromatic heterocycles. The van der Waals surface area contributed by atoms with Gasteiger partial charge in [0.1, 0.15) is 0 Å². The van der Waals surface area contributed by atoms with Crippen molar-refractivity contribution in [3.63, 3.8) is 0 Å². The Morgan fingerprint density at radius 2 is 1.47 bits per heavy atom. The second kappa shape index (κ2) is 4.81. The van der Waals surface area contributed by atoms with Crippen LogP contribution < -0.4 is 0 Å². The van der Waals surface area contributed by atoms with E-state index >= 15 is 0 Å². The molecule has 0 spiro atoms. The van der Waals surface area contributed by atoms with Gasteiger partial charge in [-0.1, -0.05) is 0 Å². The van der Waals surface area contributed by atoms with Crippen LogP contribution in [0.25, 0.3) is 4.85 Å². The van der Waals surface area contributed by atoms with E-state index in [-0.39, 0.29) is 0 Å². The maximum atomic E-state index is 12.7. The van der Waals surface area contributed by atoms with Gasteiger partial charge in [-0.05, 0) is 17.7 Å². The van der Waals surface area contributed by atoms with E-state index in [1.807, 2.05) is 0 Å². The van der Waals surface area contributed by atoms with E-state index < -0.39 is 41.2 Å². The van der Waals surface area contributed by atoms with Crippen molar-refractivity contribution in [2.45, 2.75) is 18.8 Å². The fourth-order valence-corrected chi connectivity index (χ4v) is 1.50. The van der Waals surface area contributed by atoms with E-state index in [0.717, 1.165) is 0 Å². The Bertz CT molecular complexity index is 536. The van der Waals surface area contributed by atoms with Gasteiger partial charge in [-0.25, -0.2) is 4.85 Å². The van der Waals surface area contributed by atoms with Gasteiger partial charge in [0.25, 0.3) is 0 Å². The molecule has 0 bridgehead atoms. The van der Waals surface area contributed by atoms with Crippen LogP contribution in [0.2, 0.25) is 0 Å². The summed E-state index contributed by atoms with van der Waals surface area (Å²) < 4.78 is 76.1. The van der Waals surface area contributed by atoms with Crippen LogP contribution in [0.1, 0.15) is 16.7 Å². The number of nitriles is 1. The third-order valence-electron chi connectivity index (χ3n) is 2.23. The van der Waals surface area contributed by atoms with Crippen molar-refractivity contribution < 1.29 is 26.3 Å². The SMILES string of the molecule is [C-]#[N+]c1cc(C(F)(F)F)c(CC#N)c(C(F)(F)F)c1. The molecule has 0 radical (unpaired) electrons. The van der Waals surface area contributed by atoms with E-state index in [2.05, 4.69) is 4.85 Å². The first kappa shape index (κ1) is 14.8. The highest BCUT2D eigenvalue weighted by molar-refractivity contribution is 5.55. The number of halogens is 6. The first-order valence-corrected chi connectivity index (χ1v) is 4.67. The molecular weight excluding hydrogens is 274 g/mol. The molecule has 0 amide bonds. The largest absolute Gasteiger partial charge is 0.415 e. The average Bonchev–Trinajstić information content (AvgIpc) is 2.26. The van der Waals surface area contributed by atoms with E-state index in [1.165, 1.54) is 6.07 Å². The summed E-state index contributed by atoms with van der Waals surface area (Å²) in [5, 5.41) is 8.38. The Balaban J connectivity index is 3.73. The predicted molar refractivity (Wildman–Crippen MR) is 52.0 cm³/mol. The van der Waals surface area contributed by atoms with Crippen molar-refractivity contribution in [3.05, 3.63) is 40.2 Å². The molecule has 0 saturated heterocycles. The summed E-state index contributed by atoms with van der Waals surface area (Å²) in [7, 11) is 0. The van der Waals surface area contributed by atoms with Crippen LogP contribution in [0.4, 0.5) is 32.0 Å².